The highest BCUT2D eigenvalue weighted by molar-refractivity contribution is 5.83. The van der Waals surface area contributed by atoms with Gasteiger partial charge >= 0.3 is 0 Å². The fourth-order valence-corrected chi connectivity index (χ4v) is 1.42. The van der Waals surface area contributed by atoms with Crippen LogP contribution in [0.15, 0.2) is 24.3 Å². The predicted molar refractivity (Wildman–Crippen MR) is 64.1 cm³/mol. The molecule has 0 aromatic heterocycles. The predicted octanol–water partition coefficient (Wildman–Crippen LogP) is 1.16. The minimum absolute atomic E-state index is 0.00781. The van der Waals surface area contributed by atoms with Crippen LogP contribution < -0.4 is 5.32 Å². The zero-order valence-electron chi connectivity index (χ0n) is 9.90. The monoisotopic (exact) mass is 235 g/mol. The summed E-state index contributed by atoms with van der Waals surface area (Å²) in [4.78, 5) is 22.1. The van der Waals surface area contributed by atoms with Crippen molar-refractivity contribution in [2.45, 2.75) is 32.9 Å². The van der Waals surface area contributed by atoms with Crippen molar-refractivity contribution < 1.29 is 14.7 Å². The summed E-state index contributed by atoms with van der Waals surface area (Å²) in [5.41, 5.74) is 1.76. The molecule has 1 aromatic rings. The molecule has 0 saturated carbocycles. The van der Waals surface area contributed by atoms with E-state index >= 15 is 0 Å². The third-order valence-corrected chi connectivity index (χ3v) is 2.37. The minimum atomic E-state index is -0.130. The van der Waals surface area contributed by atoms with Crippen molar-refractivity contribution in [2.24, 2.45) is 0 Å². The van der Waals surface area contributed by atoms with E-state index in [1.54, 1.807) is 0 Å². The number of hydrogen-bond acceptors (Lipinski definition) is 3. The maximum absolute atomic E-state index is 11.4. The van der Waals surface area contributed by atoms with E-state index in [1.165, 1.54) is 6.92 Å². The van der Waals surface area contributed by atoms with Crippen molar-refractivity contribution in [1.82, 2.24) is 5.32 Å². The Morgan fingerprint density at radius 3 is 2.59 bits per heavy atom. The van der Waals surface area contributed by atoms with Crippen molar-refractivity contribution in [3.8, 4) is 0 Å². The average molecular weight is 235 g/mol. The first-order valence-electron chi connectivity index (χ1n) is 5.56. The number of Topliss-reactive ketones (excluding diaryl/α,β-unsaturated/α-hetero) is 1. The van der Waals surface area contributed by atoms with Crippen LogP contribution >= 0.6 is 0 Å². The Morgan fingerprint density at radius 2 is 1.94 bits per heavy atom. The second-order valence-electron chi connectivity index (χ2n) is 3.96. The highest BCUT2D eigenvalue weighted by Gasteiger charge is 2.03. The highest BCUT2D eigenvalue weighted by Crippen LogP contribution is 2.05. The van der Waals surface area contributed by atoms with E-state index in [0.29, 0.717) is 6.54 Å². The van der Waals surface area contributed by atoms with Crippen molar-refractivity contribution in [1.29, 1.82) is 0 Å². The number of rotatable bonds is 6. The Morgan fingerprint density at radius 1 is 1.24 bits per heavy atom. The molecule has 0 saturated heterocycles. The molecule has 0 heterocycles. The molecule has 0 aliphatic rings. The fraction of sp³-hybridized carbons (Fsp3) is 0.385. The van der Waals surface area contributed by atoms with Crippen molar-refractivity contribution in [3.05, 3.63) is 35.4 Å². The number of amides is 1. The molecular weight excluding hydrogens is 218 g/mol. The van der Waals surface area contributed by atoms with Gasteiger partial charge in [-0.05, 0) is 18.1 Å². The van der Waals surface area contributed by atoms with E-state index in [1.807, 2.05) is 24.3 Å². The molecule has 1 aromatic carbocycles. The number of carbonyl (C=O) groups excluding carboxylic acids is 2. The second-order valence-corrected chi connectivity index (χ2v) is 3.96. The molecule has 0 bridgehead atoms. The number of carbonyl (C=O) groups is 2. The molecule has 2 N–H and O–H groups in total. The summed E-state index contributed by atoms with van der Waals surface area (Å²) < 4.78 is 0. The maximum atomic E-state index is 11.4. The summed E-state index contributed by atoms with van der Waals surface area (Å²) >= 11 is 0. The van der Waals surface area contributed by atoms with E-state index in [0.717, 1.165) is 11.1 Å². The smallest absolute Gasteiger partial charge is 0.220 e. The van der Waals surface area contributed by atoms with Crippen LogP contribution in [-0.4, -0.2) is 16.8 Å². The lowest BCUT2D eigenvalue weighted by Crippen LogP contribution is -2.23. The van der Waals surface area contributed by atoms with Gasteiger partial charge in [-0.2, -0.15) is 0 Å². The molecule has 0 unspecified atom stereocenters. The summed E-state index contributed by atoms with van der Waals surface area (Å²) in [5, 5.41) is 11.7. The molecule has 0 aliphatic carbocycles. The van der Waals surface area contributed by atoms with Crippen LogP contribution in [0.4, 0.5) is 0 Å². The van der Waals surface area contributed by atoms with Crippen LogP contribution in [0.1, 0.15) is 30.9 Å². The van der Waals surface area contributed by atoms with Crippen LogP contribution in [0, 0.1) is 0 Å². The van der Waals surface area contributed by atoms with Crippen LogP contribution in [0.3, 0.4) is 0 Å². The third-order valence-electron chi connectivity index (χ3n) is 2.37. The van der Waals surface area contributed by atoms with Crippen LogP contribution in [0.25, 0.3) is 0 Å². The molecule has 0 spiro atoms. The first kappa shape index (κ1) is 13.4. The highest BCUT2D eigenvalue weighted by atomic mass is 16.3. The number of nitrogens with one attached hydrogen (secondary N) is 1. The minimum Gasteiger partial charge on any atom is -0.392 e. The fourth-order valence-electron chi connectivity index (χ4n) is 1.42. The van der Waals surface area contributed by atoms with Gasteiger partial charge in [-0.3, -0.25) is 4.79 Å². The topological polar surface area (TPSA) is 66.4 Å². The third kappa shape index (κ3) is 5.26. The van der Waals surface area contributed by atoms with Crippen molar-refractivity contribution in [3.63, 3.8) is 0 Å². The molecule has 1 amide bonds. The van der Waals surface area contributed by atoms with E-state index in [2.05, 4.69) is 5.32 Å². The largest absolute Gasteiger partial charge is 0.392 e. The normalized spacial score (nSPS) is 10.0. The molecule has 0 radical (unpaired) electrons. The van der Waals surface area contributed by atoms with Crippen molar-refractivity contribution in [2.75, 3.05) is 0 Å². The first-order chi connectivity index (χ1) is 8.11. The Hall–Kier alpha value is -1.68. The molecule has 1 rings (SSSR count). The number of ketones is 1. The number of benzene rings is 1. The Balaban J connectivity index is 2.39. The van der Waals surface area contributed by atoms with Gasteiger partial charge in [0.2, 0.25) is 5.91 Å². The maximum Gasteiger partial charge on any atom is 0.220 e. The van der Waals surface area contributed by atoms with E-state index in [-0.39, 0.29) is 31.1 Å². The Bertz CT molecular complexity index is 401. The average Bonchev–Trinajstić information content (AvgIpc) is 2.34. The summed E-state index contributed by atoms with van der Waals surface area (Å²) in [6, 6.07) is 7.37. The lowest BCUT2D eigenvalue weighted by atomic mass is 10.1. The van der Waals surface area contributed by atoms with E-state index < -0.39 is 0 Å². The molecule has 0 fully saturated rings. The summed E-state index contributed by atoms with van der Waals surface area (Å²) in [6.07, 6.45) is 0.511. The molecule has 4 heteroatoms. The van der Waals surface area contributed by atoms with Gasteiger partial charge in [-0.15, -0.1) is 0 Å². The van der Waals surface area contributed by atoms with Gasteiger partial charge in [-0.25, -0.2) is 0 Å². The van der Waals surface area contributed by atoms with Gasteiger partial charge in [0.1, 0.15) is 5.78 Å². The molecule has 0 atom stereocenters. The molecule has 4 nitrogen and oxygen atoms in total. The van der Waals surface area contributed by atoms with Gasteiger partial charge < -0.3 is 15.2 Å². The van der Waals surface area contributed by atoms with Crippen LogP contribution in [-0.2, 0) is 22.7 Å². The van der Waals surface area contributed by atoms with Gasteiger partial charge in [-0.1, -0.05) is 24.3 Å². The zero-order chi connectivity index (χ0) is 12.7. The summed E-state index contributed by atoms with van der Waals surface area (Å²) in [5.74, 6) is -0.114. The summed E-state index contributed by atoms with van der Waals surface area (Å²) in [7, 11) is 0. The Labute approximate surface area is 101 Å². The number of hydrogen-bond donors (Lipinski definition) is 2. The zero-order valence-corrected chi connectivity index (χ0v) is 9.90. The van der Waals surface area contributed by atoms with Crippen molar-refractivity contribution >= 4 is 11.7 Å². The van der Waals surface area contributed by atoms with E-state index in [4.69, 9.17) is 5.11 Å². The summed E-state index contributed by atoms with van der Waals surface area (Å²) in [6.45, 7) is 1.88. The lowest BCUT2D eigenvalue weighted by molar-refractivity contribution is -0.124. The lowest BCUT2D eigenvalue weighted by Gasteiger charge is -2.05. The van der Waals surface area contributed by atoms with Gasteiger partial charge in [0.15, 0.2) is 0 Å². The SMILES string of the molecule is CC(=O)CCC(=O)NCc1cccc(CO)c1. The quantitative estimate of drug-likeness (QED) is 0.777. The number of aliphatic hydroxyl groups excluding tert-OH is 1. The first-order valence-corrected chi connectivity index (χ1v) is 5.56. The Kier molecular flexibility index (Phi) is 5.36. The molecule has 92 valence electrons. The van der Waals surface area contributed by atoms with E-state index in [9.17, 15) is 9.59 Å². The standard InChI is InChI=1S/C13H17NO3/c1-10(16)5-6-13(17)14-8-11-3-2-4-12(7-11)9-15/h2-4,7,15H,5-6,8-9H2,1H3,(H,14,17). The molecule has 0 aliphatic heterocycles. The molecular formula is C13H17NO3. The van der Waals surface area contributed by atoms with Gasteiger partial charge in [0, 0.05) is 19.4 Å². The van der Waals surface area contributed by atoms with Gasteiger partial charge in [0.05, 0.1) is 6.61 Å². The van der Waals surface area contributed by atoms with Crippen LogP contribution in [0.5, 0.6) is 0 Å². The van der Waals surface area contributed by atoms with Gasteiger partial charge in [0.25, 0.3) is 0 Å². The number of aliphatic hydroxyl groups is 1. The van der Waals surface area contributed by atoms with Crippen LogP contribution in [0.2, 0.25) is 0 Å². The second kappa shape index (κ2) is 6.81. The molecule has 17 heavy (non-hydrogen) atoms.